The number of nitrogens with zero attached hydrogens (tertiary/aromatic N) is 6. The molecule has 0 saturated carbocycles. The Bertz CT molecular complexity index is 2630. The molecule has 52 heavy (non-hydrogen) atoms. The van der Waals surface area contributed by atoms with Gasteiger partial charge in [0.15, 0.2) is 5.82 Å². The fourth-order valence-corrected chi connectivity index (χ4v) is 7.25. The van der Waals surface area contributed by atoms with Crippen LogP contribution in [0.3, 0.4) is 0 Å². The average molecular weight is 681 g/mol. The summed E-state index contributed by atoms with van der Waals surface area (Å²) in [5.41, 5.74) is 8.61. The standard InChI is InChI=1S/C46H44N6/c1-44(2,3)29-19-22-38-33(25-29)34-26-30(45(4,5)6)20-23-39(34)51(38)40-21-18-28(27-47)24-35(40)41-48-42(46(7,8)9)50-43(49-41)52-36-16-12-10-14-31(36)32-15-11-13-17-37(32)52/h10-26H,1-9H3. The van der Waals surface area contributed by atoms with Gasteiger partial charge in [0.2, 0.25) is 5.95 Å². The summed E-state index contributed by atoms with van der Waals surface area (Å²) in [6.45, 7) is 19.9. The number of fused-ring (bicyclic) bond motifs is 6. The molecule has 8 rings (SSSR count). The summed E-state index contributed by atoms with van der Waals surface area (Å²) >= 11 is 0. The Morgan fingerprint density at radius 1 is 0.500 bits per heavy atom. The predicted molar refractivity (Wildman–Crippen MR) is 215 cm³/mol. The zero-order valence-corrected chi connectivity index (χ0v) is 31.5. The van der Waals surface area contributed by atoms with Crippen molar-refractivity contribution in [1.29, 1.82) is 5.26 Å². The highest BCUT2D eigenvalue weighted by atomic mass is 15.2. The Labute approximate surface area is 305 Å². The molecule has 6 heteroatoms. The maximum absolute atomic E-state index is 10.2. The molecule has 258 valence electrons. The van der Waals surface area contributed by atoms with Crippen molar-refractivity contribution in [3.05, 3.63) is 126 Å². The zero-order chi connectivity index (χ0) is 36.7. The molecule has 0 N–H and O–H groups in total. The highest BCUT2D eigenvalue weighted by molar-refractivity contribution is 6.11. The highest BCUT2D eigenvalue weighted by Gasteiger charge is 2.26. The molecular formula is C46H44N6. The van der Waals surface area contributed by atoms with Crippen LogP contribution in [0.5, 0.6) is 0 Å². The van der Waals surface area contributed by atoms with Gasteiger partial charge in [0.1, 0.15) is 5.82 Å². The van der Waals surface area contributed by atoms with Gasteiger partial charge in [0, 0.05) is 32.5 Å². The monoisotopic (exact) mass is 680 g/mol. The molecule has 0 amide bonds. The van der Waals surface area contributed by atoms with Crippen LogP contribution >= 0.6 is 0 Å². The van der Waals surface area contributed by atoms with E-state index in [-0.39, 0.29) is 16.2 Å². The Morgan fingerprint density at radius 3 is 1.52 bits per heavy atom. The van der Waals surface area contributed by atoms with Crippen molar-refractivity contribution in [2.24, 2.45) is 0 Å². The third-order valence-electron chi connectivity index (χ3n) is 10.2. The van der Waals surface area contributed by atoms with Crippen LogP contribution in [0.1, 0.15) is 84.8 Å². The molecule has 6 nitrogen and oxygen atoms in total. The van der Waals surface area contributed by atoms with Gasteiger partial charge >= 0.3 is 0 Å². The van der Waals surface area contributed by atoms with E-state index in [2.05, 4.69) is 162 Å². The lowest BCUT2D eigenvalue weighted by Crippen LogP contribution is -2.19. The Kier molecular flexibility index (Phi) is 7.45. The molecule has 0 radical (unpaired) electrons. The summed E-state index contributed by atoms with van der Waals surface area (Å²) in [5.74, 6) is 1.75. The molecule has 0 atom stereocenters. The van der Waals surface area contributed by atoms with Gasteiger partial charge in [-0.1, -0.05) is 111 Å². The fraction of sp³-hybridized carbons (Fsp3) is 0.261. The molecule has 8 aromatic rings. The SMILES string of the molecule is CC(C)(C)c1ccc2c(c1)c1cc(C(C)(C)C)ccc1n2-c1ccc(C#N)cc1-c1nc(-n2c3ccccc3c3ccccc32)nc(C(C)(C)C)n1. The smallest absolute Gasteiger partial charge is 0.238 e. The van der Waals surface area contributed by atoms with Crippen molar-refractivity contribution in [1.82, 2.24) is 24.1 Å². The van der Waals surface area contributed by atoms with Gasteiger partial charge in [-0.25, -0.2) is 4.98 Å². The van der Waals surface area contributed by atoms with Gasteiger partial charge in [-0.2, -0.15) is 15.2 Å². The Hall–Kier alpha value is -5.80. The molecule has 0 bridgehead atoms. The predicted octanol–water partition coefficient (Wildman–Crippen LogP) is 11.5. The largest absolute Gasteiger partial charge is 0.308 e. The number of benzene rings is 5. The minimum absolute atomic E-state index is 0.0126. The van der Waals surface area contributed by atoms with Gasteiger partial charge < -0.3 is 4.57 Å². The second-order valence-corrected chi connectivity index (χ2v) is 17.0. The summed E-state index contributed by atoms with van der Waals surface area (Å²) in [5, 5.41) is 14.9. The van der Waals surface area contributed by atoms with Crippen molar-refractivity contribution in [3.63, 3.8) is 0 Å². The summed E-state index contributed by atoms with van der Waals surface area (Å²) in [7, 11) is 0. The number of nitriles is 1. The zero-order valence-electron chi connectivity index (χ0n) is 31.5. The maximum atomic E-state index is 10.2. The van der Waals surface area contributed by atoms with Gasteiger partial charge in [-0.15, -0.1) is 0 Å². The molecule has 0 spiro atoms. The van der Waals surface area contributed by atoms with Crippen LogP contribution in [0.4, 0.5) is 0 Å². The maximum Gasteiger partial charge on any atom is 0.238 e. The molecule has 0 aliphatic carbocycles. The van der Waals surface area contributed by atoms with Crippen molar-refractivity contribution in [3.8, 4) is 29.1 Å². The van der Waals surface area contributed by atoms with Crippen LogP contribution in [-0.4, -0.2) is 24.1 Å². The Balaban J connectivity index is 1.47. The molecular weight excluding hydrogens is 637 g/mol. The topological polar surface area (TPSA) is 72.3 Å². The first-order valence-electron chi connectivity index (χ1n) is 18.0. The van der Waals surface area contributed by atoms with E-state index in [0.29, 0.717) is 23.2 Å². The number of para-hydroxylation sites is 2. The molecule has 0 aliphatic heterocycles. The summed E-state index contributed by atoms with van der Waals surface area (Å²) in [6.07, 6.45) is 0. The first-order valence-corrected chi connectivity index (χ1v) is 18.0. The van der Waals surface area contributed by atoms with Crippen LogP contribution in [0.25, 0.3) is 66.6 Å². The summed E-state index contributed by atoms with van der Waals surface area (Å²) < 4.78 is 4.46. The summed E-state index contributed by atoms with van der Waals surface area (Å²) in [4.78, 5) is 15.6. The van der Waals surface area contributed by atoms with E-state index in [1.54, 1.807) is 0 Å². The summed E-state index contributed by atoms with van der Waals surface area (Å²) in [6, 6.07) is 38.7. The molecule has 0 aliphatic rings. The Morgan fingerprint density at radius 2 is 1.02 bits per heavy atom. The van der Waals surface area contributed by atoms with Crippen LogP contribution in [-0.2, 0) is 16.2 Å². The number of rotatable bonds is 3. The van der Waals surface area contributed by atoms with Crippen molar-refractivity contribution in [2.75, 3.05) is 0 Å². The van der Waals surface area contributed by atoms with E-state index >= 15 is 0 Å². The van der Waals surface area contributed by atoms with Crippen LogP contribution in [0.15, 0.2) is 103 Å². The quantitative estimate of drug-likeness (QED) is 0.186. The van der Waals surface area contributed by atoms with Gasteiger partial charge in [0.05, 0.1) is 39.4 Å². The minimum Gasteiger partial charge on any atom is -0.308 e. The van der Waals surface area contributed by atoms with E-state index in [1.165, 1.54) is 21.9 Å². The molecule has 3 aromatic heterocycles. The third-order valence-corrected chi connectivity index (χ3v) is 10.2. The van der Waals surface area contributed by atoms with E-state index in [9.17, 15) is 5.26 Å². The molecule has 0 fully saturated rings. The molecule has 0 saturated heterocycles. The van der Waals surface area contributed by atoms with E-state index in [0.717, 1.165) is 44.1 Å². The van der Waals surface area contributed by atoms with E-state index in [4.69, 9.17) is 15.0 Å². The lowest BCUT2D eigenvalue weighted by atomic mass is 9.85. The van der Waals surface area contributed by atoms with Crippen LogP contribution in [0, 0.1) is 11.3 Å². The number of hydrogen-bond donors (Lipinski definition) is 0. The van der Waals surface area contributed by atoms with E-state index < -0.39 is 0 Å². The average Bonchev–Trinajstić information content (AvgIpc) is 3.62. The second-order valence-electron chi connectivity index (χ2n) is 17.0. The third kappa shape index (κ3) is 5.43. The number of aromatic nitrogens is 5. The lowest BCUT2D eigenvalue weighted by Gasteiger charge is -2.21. The van der Waals surface area contributed by atoms with E-state index in [1.807, 2.05) is 18.2 Å². The van der Waals surface area contributed by atoms with Gasteiger partial charge in [0.25, 0.3) is 0 Å². The van der Waals surface area contributed by atoms with Gasteiger partial charge in [-0.05, 0) is 76.6 Å². The van der Waals surface area contributed by atoms with Crippen molar-refractivity contribution < 1.29 is 0 Å². The van der Waals surface area contributed by atoms with Crippen molar-refractivity contribution in [2.45, 2.75) is 78.6 Å². The van der Waals surface area contributed by atoms with Gasteiger partial charge in [-0.3, -0.25) is 4.57 Å². The van der Waals surface area contributed by atoms with Crippen LogP contribution < -0.4 is 0 Å². The normalized spacial score (nSPS) is 12.7. The fourth-order valence-electron chi connectivity index (χ4n) is 7.25. The second kappa shape index (κ2) is 11.6. The van der Waals surface area contributed by atoms with Crippen molar-refractivity contribution >= 4 is 43.6 Å². The number of hydrogen-bond acceptors (Lipinski definition) is 4. The molecule has 3 heterocycles. The molecule has 0 unspecified atom stereocenters. The lowest BCUT2D eigenvalue weighted by molar-refractivity contribution is 0.540. The first-order chi connectivity index (χ1) is 24.6. The minimum atomic E-state index is -0.377. The highest BCUT2D eigenvalue weighted by Crippen LogP contribution is 2.40. The van der Waals surface area contributed by atoms with Crippen LogP contribution in [0.2, 0.25) is 0 Å². The molecule has 5 aromatic carbocycles. The first kappa shape index (κ1) is 33.3.